The highest BCUT2D eigenvalue weighted by Gasteiger charge is 2.14. The van der Waals surface area contributed by atoms with Crippen molar-refractivity contribution < 1.29 is 4.79 Å². The van der Waals surface area contributed by atoms with Gasteiger partial charge < -0.3 is 9.80 Å². The summed E-state index contributed by atoms with van der Waals surface area (Å²) in [7, 11) is 1.93. The lowest BCUT2D eigenvalue weighted by Crippen LogP contribution is -2.35. The Hall–Kier alpha value is -1.35. The summed E-state index contributed by atoms with van der Waals surface area (Å²) in [6, 6.07) is 8.63. The summed E-state index contributed by atoms with van der Waals surface area (Å²) in [5.41, 5.74) is 2.61. The van der Waals surface area contributed by atoms with E-state index in [4.69, 9.17) is 0 Å². The summed E-state index contributed by atoms with van der Waals surface area (Å²) in [6.45, 7) is 6.44. The number of hydrogen-bond donors (Lipinski definition) is 0. The Morgan fingerprint density at radius 3 is 2.38 bits per heavy atom. The van der Waals surface area contributed by atoms with Crippen LogP contribution in [0.3, 0.4) is 0 Å². The number of nitrogens with zero attached hydrogens (tertiary/aromatic N) is 2. The van der Waals surface area contributed by atoms with Gasteiger partial charge >= 0.3 is 0 Å². The van der Waals surface area contributed by atoms with Gasteiger partial charge in [-0.25, -0.2) is 0 Å². The maximum atomic E-state index is 12.2. The summed E-state index contributed by atoms with van der Waals surface area (Å²) in [5, 5.41) is 0. The van der Waals surface area contributed by atoms with Gasteiger partial charge in [0.25, 0.3) is 0 Å². The van der Waals surface area contributed by atoms with Gasteiger partial charge in [0, 0.05) is 26.6 Å². The second-order valence-corrected chi connectivity index (χ2v) is 6.03. The van der Waals surface area contributed by atoms with Gasteiger partial charge in [0.1, 0.15) is 0 Å². The number of aryl methyl sites for hydroxylation is 2. The summed E-state index contributed by atoms with van der Waals surface area (Å²) in [5.74, 6) is 0.258. The third-order valence-corrected chi connectivity index (χ3v) is 4.43. The van der Waals surface area contributed by atoms with Crippen molar-refractivity contribution in [3.05, 3.63) is 35.4 Å². The molecule has 1 saturated heterocycles. The summed E-state index contributed by atoms with van der Waals surface area (Å²) in [4.78, 5) is 16.5. The van der Waals surface area contributed by atoms with Gasteiger partial charge in [0.05, 0.1) is 0 Å². The Balaban J connectivity index is 1.69. The predicted molar refractivity (Wildman–Crippen MR) is 87.5 cm³/mol. The molecule has 0 unspecified atom stereocenters. The lowest BCUT2D eigenvalue weighted by atomic mass is 10.1. The Kier molecular flexibility index (Phi) is 6.24. The lowest BCUT2D eigenvalue weighted by molar-refractivity contribution is -0.130. The van der Waals surface area contributed by atoms with E-state index in [-0.39, 0.29) is 5.91 Å². The minimum atomic E-state index is 0.258. The Bertz CT molecular complexity index is 435. The molecule has 1 amide bonds. The van der Waals surface area contributed by atoms with Crippen molar-refractivity contribution in [2.24, 2.45) is 0 Å². The summed E-state index contributed by atoms with van der Waals surface area (Å²) >= 11 is 0. The zero-order chi connectivity index (χ0) is 15.1. The van der Waals surface area contributed by atoms with Crippen molar-refractivity contribution in [3.63, 3.8) is 0 Å². The van der Waals surface area contributed by atoms with Crippen LogP contribution in [0.25, 0.3) is 0 Å². The monoisotopic (exact) mass is 288 g/mol. The van der Waals surface area contributed by atoms with E-state index in [9.17, 15) is 4.79 Å². The van der Waals surface area contributed by atoms with E-state index in [1.54, 1.807) is 0 Å². The first-order valence-electron chi connectivity index (χ1n) is 8.23. The van der Waals surface area contributed by atoms with Crippen LogP contribution in [0.5, 0.6) is 0 Å². The van der Waals surface area contributed by atoms with Crippen molar-refractivity contribution in [2.75, 3.05) is 33.2 Å². The number of amides is 1. The molecule has 0 aromatic heterocycles. The summed E-state index contributed by atoms with van der Waals surface area (Å²) < 4.78 is 0. The van der Waals surface area contributed by atoms with Crippen LogP contribution >= 0.6 is 0 Å². The highest BCUT2D eigenvalue weighted by Crippen LogP contribution is 2.09. The molecule has 0 N–H and O–H groups in total. The van der Waals surface area contributed by atoms with Crippen molar-refractivity contribution >= 4 is 5.91 Å². The van der Waals surface area contributed by atoms with Crippen molar-refractivity contribution in [3.8, 4) is 0 Å². The molecule has 1 fully saturated rings. The van der Waals surface area contributed by atoms with E-state index < -0.39 is 0 Å². The van der Waals surface area contributed by atoms with Crippen molar-refractivity contribution in [1.29, 1.82) is 0 Å². The van der Waals surface area contributed by atoms with E-state index in [1.807, 2.05) is 11.9 Å². The molecule has 0 atom stereocenters. The molecule has 1 aromatic rings. The molecule has 1 aliphatic rings. The van der Waals surface area contributed by atoms with Crippen LogP contribution < -0.4 is 0 Å². The molecule has 1 aromatic carbocycles. The highest BCUT2D eigenvalue weighted by atomic mass is 16.2. The topological polar surface area (TPSA) is 23.6 Å². The number of likely N-dealkylation sites (tertiary alicyclic amines) is 1. The van der Waals surface area contributed by atoms with E-state index in [1.165, 1.54) is 37.1 Å². The third-order valence-electron chi connectivity index (χ3n) is 4.43. The standard InChI is InChI=1S/C18H28N2O/c1-3-16-6-8-17(9-7-16)10-11-18(21)19(2)14-15-20-12-4-5-13-20/h6-9H,3-5,10-15H2,1-2H3. The molecular formula is C18H28N2O. The minimum absolute atomic E-state index is 0.258. The van der Waals surface area contributed by atoms with E-state index in [0.29, 0.717) is 6.42 Å². The SMILES string of the molecule is CCc1ccc(CCC(=O)N(C)CCN2CCCC2)cc1. The van der Waals surface area contributed by atoms with Gasteiger partial charge in [-0.2, -0.15) is 0 Å². The van der Waals surface area contributed by atoms with Crippen LogP contribution in [-0.2, 0) is 17.6 Å². The van der Waals surface area contributed by atoms with Crippen LogP contribution in [-0.4, -0.2) is 48.9 Å². The molecule has 2 rings (SSSR count). The average Bonchev–Trinajstić information content (AvgIpc) is 3.04. The van der Waals surface area contributed by atoms with Gasteiger partial charge in [-0.3, -0.25) is 4.79 Å². The van der Waals surface area contributed by atoms with Crippen LogP contribution in [0.2, 0.25) is 0 Å². The first-order chi connectivity index (χ1) is 10.2. The quantitative estimate of drug-likeness (QED) is 0.770. The molecule has 0 aliphatic carbocycles. The smallest absolute Gasteiger partial charge is 0.222 e. The van der Waals surface area contributed by atoms with Crippen LogP contribution in [0, 0.1) is 0 Å². The maximum absolute atomic E-state index is 12.2. The molecule has 0 spiro atoms. The number of rotatable bonds is 7. The van der Waals surface area contributed by atoms with E-state index in [0.717, 1.165) is 25.9 Å². The van der Waals surface area contributed by atoms with Crippen LogP contribution in [0.4, 0.5) is 0 Å². The fraction of sp³-hybridized carbons (Fsp3) is 0.611. The number of likely N-dealkylation sites (N-methyl/N-ethyl adjacent to an activating group) is 1. The Morgan fingerprint density at radius 1 is 1.14 bits per heavy atom. The Morgan fingerprint density at radius 2 is 1.76 bits per heavy atom. The fourth-order valence-corrected chi connectivity index (χ4v) is 2.81. The first kappa shape index (κ1) is 16.0. The molecular weight excluding hydrogens is 260 g/mol. The van der Waals surface area contributed by atoms with Gasteiger partial charge in [0.2, 0.25) is 5.91 Å². The highest BCUT2D eigenvalue weighted by molar-refractivity contribution is 5.76. The molecule has 116 valence electrons. The van der Waals surface area contributed by atoms with Crippen LogP contribution in [0.1, 0.15) is 37.3 Å². The van der Waals surface area contributed by atoms with E-state index >= 15 is 0 Å². The minimum Gasteiger partial charge on any atom is -0.344 e. The molecule has 3 nitrogen and oxygen atoms in total. The first-order valence-corrected chi connectivity index (χ1v) is 8.23. The van der Waals surface area contributed by atoms with Crippen molar-refractivity contribution in [2.45, 2.75) is 39.0 Å². The second kappa shape index (κ2) is 8.18. The zero-order valence-electron chi connectivity index (χ0n) is 13.5. The number of carbonyl (C=O) groups excluding carboxylic acids is 1. The second-order valence-electron chi connectivity index (χ2n) is 6.03. The molecule has 0 bridgehead atoms. The molecule has 21 heavy (non-hydrogen) atoms. The fourth-order valence-electron chi connectivity index (χ4n) is 2.81. The molecule has 3 heteroatoms. The number of carbonyl (C=O) groups is 1. The lowest BCUT2D eigenvalue weighted by Gasteiger charge is -2.21. The van der Waals surface area contributed by atoms with Gasteiger partial charge in [0.15, 0.2) is 0 Å². The van der Waals surface area contributed by atoms with Crippen molar-refractivity contribution in [1.82, 2.24) is 9.80 Å². The zero-order valence-corrected chi connectivity index (χ0v) is 13.5. The predicted octanol–water partition coefficient (Wildman–Crippen LogP) is 2.74. The molecule has 0 saturated carbocycles. The van der Waals surface area contributed by atoms with Crippen LogP contribution in [0.15, 0.2) is 24.3 Å². The molecule has 1 aliphatic heterocycles. The summed E-state index contributed by atoms with van der Waals surface area (Å²) in [6.07, 6.45) is 5.15. The third kappa shape index (κ3) is 5.16. The average molecular weight is 288 g/mol. The van der Waals surface area contributed by atoms with E-state index in [2.05, 4.69) is 36.1 Å². The van der Waals surface area contributed by atoms with Gasteiger partial charge in [-0.1, -0.05) is 31.2 Å². The van der Waals surface area contributed by atoms with Gasteiger partial charge in [-0.05, 0) is 49.9 Å². The largest absolute Gasteiger partial charge is 0.344 e. The Labute approximate surface area is 128 Å². The normalized spacial score (nSPS) is 15.3. The number of hydrogen-bond acceptors (Lipinski definition) is 2. The number of benzene rings is 1. The maximum Gasteiger partial charge on any atom is 0.222 e. The van der Waals surface area contributed by atoms with Gasteiger partial charge in [-0.15, -0.1) is 0 Å². The molecule has 0 radical (unpaired) electrons. The molecule has 1 heterocycles.